The number of rotatable bonds is 1. The van der Waals surface area contributed by atoms with E-state index in [1.165, 1.54) is 12.8 Å². The van der Waals surface area contributed by atoms with E-state index in [1.807, 2.05) is 12.1 Å². The fourth-order valence-corrected chi connectivity index (χ4v) is 1.52. The molecule has 0 bridgehead atoms. The van der Waals surface area contributed by atoms with E-state index in [0.29, 0.717) is 5.69 Å². The molecule has 0 radical (unpaired) electrons. The Morgan fingerprint density at radius 2 is 2.00 bits per heavy atom. The molecule has 1 aliphatic rings. The number of hydrogen-bond acceptors (Lipinski definition) is 3. The molecule has 0 N–H and O–H groups in total. The van der Waals surface area contributed by atoms with Crippen LogP contribution < -0.4 is 4.90 Å². The standard InChI is InChI=1S/C10H11N3/c1-2-9-5-6-10(12-11-9)13-7-3-4-8-13/h1,5-6H,3-4,7-8H2. The summed E-state index contributed by atoms with van der Waals surface area (Å²) in [5.41, 5.74) is 0.600. The molecule has 0 atom stereocenters. The Hall–Kier alpha value is -1.56. The first-order chi connectivity index (χ1) is 6.40. The van der Waals surface area contributed by atoms with Crippen LogP contribution in [0.1, 0.15) is 18.5 Å². The Morgan fingerprint density at radius 1 is 1.23 bits per heavy atom. The van der Waals surface area contributed by atoms with E-state index in [-0.39, 0.29) is 0 Å². The summed E-state index contributed by atoms with van der Waals surface area (Å²) >= 11 is 0. The summed E-state index contributed by atoms with van der Waals surface area (Å²) in [6.45, 7) is 2.17. The number of nitrogens with zero attached hydrogens (tertiary/aromatic N) is 3. The van der Waals surface area contributed by atoms with Crippen molar-refractivity contribution in [2.45, 2.75) is 12.8 Å². The predicted octanol–water partition coefficient (Wildman–Crippen LogP) is 1.06. The Labute approximate surface area is 77.8 Å². The highest BCUT2D eigenvalue weighted by Gasteiger charge is 2.13. The topological polar surface area (TPSA) is 29.0 Å². The maximum atomic E-state index is 5.19. The highest BCUT2D eigenvalue weighted by atomic mass is 15.3. The summed E-state index contributed by atoms with van der Waals surface area (Å²) in [5, 5.41) is 7.98. The Morgan fingerprint density at radius 3 is 2.54 bits per heavy atom. The molecule has 1 aromatic heterocycles. The van der Waals surface area contributed by atoms with Gasteiger partial charge in [0.05, 0.1) is 0 Å². The molecule has 1 saturated heterocycles. The van der Waals surface area contributed by atoms with Gasteiger partial charge < -0.3 is 4.90 Å². The minimum absolute atomic E-state index is 0.600. The van der Waals surface area contributed by atoms with Crippen molar-refractivity contribution in [3.63, 3.8) is 0 Å². The molecule has 2 rings (SSSR count). The second-order valence-electron chi connectivity index (χ2n) is 3.12. The van der Waals surface area contributed by atoms with E-state index in [0.717, 1.165) is 18.9 Å². The van der Waals surface area contributed by atoms with E-state index in [1.54, 1.807) is 0 Å². The highest BCUT2D eigenvalue weighted by Crippen LogP contribution is 2.16. The van der Waals surface area contributed by atoms with Gasteiger partial charge >= 0.3 is 0 Å². The lowest BCUT2D eigenvalue weighted by molar-refractivity contribution is 0.889. The molecule has 2 heterocycles. The molecule has 1 aromatic rings. The van der Waals surface area contributed by atoms with Gasteiger partial charge in [0.1, 0.15) is 5.69 Å². The van der Waals surface area contributed by atoms with E-state index < -0.39 is 0 Å². The average molecular weight is 173 g/mol. The number of aromatic nitrogens is 2. The van der Waals surface area contributed by atoms with Crippen LogP contribution in [0.25, 0.3) is 0 Å². The monoisotopic (exact) mass is 173 g/mol. The Bertz CT molecular complexity index is 317. The van der Waals surface area contributed by atoms with Crippen LogP contribution in [0.3, 0.4) is 0 Å². The third kappa shape index (κ3) is 1.62. The zero-order valence-corrected chi connectivity index (χ0v) is 7.40. The minimum Gasteiger partial charge on any atom is -0.355 e. The molecule has 0 saturated carbocycles. The van der Waals surface area contributed by atoms with Gasteiger partial charge in [-0.25, -0.2) is 0 Å². The van der Waals surface area contributed by atoms with Crippen molar-refractivity contribution in [2.24, 2.45) is 0 Å². The molecule has 0 unspecified atom stereocenters. The van der Waals surface area contributed by atoms with Gasteiger partial charge in [-0.2, -0.15) is 0 Å². The quantitative estimate of drug-likeness (QED) is 0.594. The minimum atomic E-state index is 0.600. The van der Waals surface area contributed by atoms with Crippen LogP contribution in [-0.2, 0) is 0 Å². The Kier molecular flexibility index (Phi) is 2.13. The van der Waals surface area contributed by atoms with Gasteiger partial charge in [-0.05, 0) is 30.9 Å². The fourth-order valence-electron chi connectivity index (χ4n) is 1.52. The summed E-state index contributed by atoms with van der Waals surface area (Å²) in [7, 11) is 0. The van der Waals surface area contributed by atoms with Crippen molar-refractivity contribution in [3.05, 3.63) is 17.8 Å². The largest absolute Gasteiger partial charge is 0.355 e. The summed E-state index contributed by atoms with van der Waals surface area (Å²) in [6.07, 6.45) is 7.68. The molecular formula is C10H11N3. The molecule has 13 heavy (non-hydrogen) atoms. The Balaban J connectivity index is 2.18. The van der Waals surface area contributed by atoms with Gasteiger partial charge in [-0.3, -0.25) is 0 Å². The lowest BCUT2D eigenvalue weighted by atomic mass is 10.4. The molecular weight excluding hydrogens is 162 g/mol. The van der Waals surface area contributed by atoms with Crippen LogP contribution in [0.4, 0.5) is 5.82 Å². The van der Waals surface area contributed by atoms with Crippen LogP contribution >= 0.6 is 0 Å². The smallest absolute Gasteiger partial charge is 0.151 e. The molecule has 0 aromatic carbocycles. The van der Waals surface area contributed by atoms with Gasteiger partial charge in [0, 0.05) is 13.1 Å². The van der Waals surface area contributed by atoms with Gasteiger partial charge in [0.25, 0.3) is 0 Å². The zero-order chi connectivity index (χ0) is 9.10. The van der Waals surface area contributed by atoms with Gasteiger partial charge in [-0.15, -0.1) is 16.6 Å². The van der Waals surface area contributed by atoms with Crippen molar-refractivity contribution in [2.75, 3.05) is 18.0 Å². The number of hydrogen-bond donors (Lipinski definition) is 0. The van der Waals surface area contributed by atoms with Crippen molar-refractivity contribution >= 4 is 5.82 Å². The van der Waals surface area contributed by atoms with Gasteiger partial charge in [0.2, 0.25) is 0 Å². The van der Waals surface area contributed by atoms with Crippen LogP contribution in [-0.4, -0.2) is 23.3 Å². The van der Waals surface area contributed by atoms with E-state index >= 15 is 0 Å². The summed E-state index contributed by atoms with van der Waals surface area (Å²) in [6, 6.07) is 3.77. The van der Waals surface area contributed by atoms with Crippen LogP contribution in [0.5, 0.6) is 0 Å². The van der Waals surface area contributed by atoms with E-state index in [9.17, 15) is 0 Å². The SMILES string of the molecule is C#Cc1ccc(N2CCCC2)nn1. The summed E-state index contributed by atoms with van der Waals surface area (Å²) in [5.74, 6) is 3.39. The average Bonchev–Trinajstić information content (AvgIpc) is 2.71. The first kappa shape index (κ1) is 8.06. The van der Waals surface area contributed by atoms with Gasteiger partial charge in [-0.1, -0.05) is 0 Å². The molecule has 0 spiro atoms. The fraction of sp³-hybridized carbons (Fsp3) is 0.400. The van der Waals surface area contributed by atoms with Crippen molar-refractivity contribution in [3.8, 4) is 12.3 Å². The first-order valence-corrected chi connectivity index (χ1v) is 4.45. The normalized spacial score (nSPS) is 15.8. The van der Waals surface area contributed by atoms with E-state index in [4.69, 9.17) is 6.42 Å². The lowest BCUT2D eigenvalue weighted by Gasteiger charge is -2.14. The molecule has 3 heteroatoms. The van der Waals surface area contributed by atoms with E-state index in [2.05, 4.69) is 21.0 Å². The van der Waals surface area contributed by atoms with Crippen LogP contribution in [0.15, 0.2) is 12.1 Å². The van der Waals surface area contributed by atoms with Crippen molar-refractivity contribution < 1.29 is 0 Å². The molecule has 0 aliphatic carbocycles. The molecule has 0 amide bonds. The molecule has 3 nitrogen and oxygen atoms in total. The number of anilines is 1. The second-order valence-corrected chi connectivity index (χ2v) is 3.12. The third-order valence-corrected chi connectivity index (χ3v) is 2.23. The highest BCUT2D eigenvalue weighted by molar-refractivity contribution is 5.40. The van der Waals surface area contributed by atoms with Crippen LogP contribution in [0.2, 0.25) is 0 Å². The molecule has 1 aliphatic heterocycles. The second kappa shape index (κ2) is 3.44. The lowest BCUT2D eigenvalue weighted by Crippen LogP contribution is -2.19. The maximum absolute atomic E-state index is 5.19. The van der Waals surface area contributed by atoms with Crippen molar-refractivity contribution in [1.82, 2.24) is 10.2 Å². The maximum Gasteiger partial charge on any atom is 0.151 e. The third-order valence-electron chi connectivity index (χ3n) is 2.23. The zero-order valence-electron chi connectivity index (χ0n) is 7.40. The summed E-state index contributed by atoms with van der Waals surface area (Å²) in [4.78, 5) is 2.23. The van der Waals surface area contributed by atoms with Gasteiger partial charge in [0.15, 0.2) is 5.82 Å². The predicted molar refractivity (Wildman–Crippen MR) is 51.4 cm³/mol. The number of terminal acetylenes is 1. The summed E-state index contributed by atoms with van der Waals surface area (Å²) < 4.78 is 0. The first-order valence-electron chi connectivity index (χ1n) is 4.45. The molecule has 1 fully saturated rings. The van der Waals surface area contributed by atoms with Crippen molar-refractivity contribution in [1.29, 1.82) is 0 Å². The molecule has 66 valence electrons. The van der Waals surface area contributed by atoms with Crippen LogP contribution in [0, 0.1) is 12.3 Å².